The maximum atomic E-state index is 13.2. The van der Waals surface area contributed by atoms with Gasteiger partial charge in [-0.15, -0.1) is 0 Å². The van der Waals surface area contributed by atoms with Gasteiger partial charge in [0.1, 0.15) is 22.1 Å². The number of hydrogen-bond acceptors (Lipinski definition) is 6. The van der Waals surface area contributed by atoms with E-state index in [2.05, 4.69) is 23.8 Å². The largest absolute Gasteiger partial charge is 0.294 e. The van der Waals surface area contributed by atoms with Crippen molar-refractivity contribution in [1.82, 2.24) is 9.97 Å². The number of ketones is 2. The smallest absolute Gasteiger partial charge is 0.214 e. The number of aromatic nitrogens is 2. The van der Waals surface area contributed by atoms with Gasteiger partial charge in [-0.05, 0) is 25.0 Å². The van der Waals surface area contributed by atoms with Gasteiger partial charge in [-0.25, -0.2) is 9.97 Å². The SMILES string of the molecule is CCCCCC(=O)c1ccc2c(c1)c(=O)c1nc3c(nc12)c(=O)c1cc(C(=O)CCCCC)ccc13. The van der Waals surface area contributed by atoms with Crippen LogP contribution in [0.15, 0.2) is 46.0 Å². The lowest BCUT2D eigenvalue weighted by Gasteiger charge is -2.01. The first-order valence-corrected chi connectivity index (χ1v) is 12.8. The molecular formula is C30H28N2O4. The molecule has 0 N–H and O–H groups in total. The number of carbonyl (C=O) groups excluding carboxylic acids is 2. The number of unbranched alkanes of at least 4 members (excludes halogenated alkanes) is 4. The van der Waals surface area contributed by atoms with E-state index in [9.17, 15) is 19.2 Å². The van der Waals surface area contributed by atoms with E-state index in [0.717, 1.165) is 38.5 Å². The van der Waals surface area contributed by atoms with Crippen molar-refractivity contribution < 1.29 is 9.59 Å². The van der Waals surface area contributed by atoms with Crippen molar-refractivity contribution in [3.63, 3.8) is 0 Å². The van der Waals surface area contributed by atoms with Crippen LogP contribution in [0.25, 0.3) is 43.6 Å². The van der Waals surface area contributed by atoms with Crippen molar-refractivity contribution >= 4 is 55.2 Å². The Labute approximate surface area is 208 Å². The summed E-state index contributed by atoms with van der Waals surface area (Å²) in [6.07, 6.45) is 6.60. The van der Waals surface area contributed by atoms with Crippen LogP contribution < -0.4 is 10.9 Å². The molecule has 182 valence electrons. The fourth-order valence-electron chi connectivity index (χ4n) is 4.97. The predicted molar refractivity (Wildman–Crippen MR) is 144 cm³/mol. The average Bonchev–Trinajstić information content (AvgIpc) is 3.33. The minimum Gasteiger partial charge on any atom is -0.294 e. The number of rotatable bonds is 10. The number of carbonyl (C=O) groups is 2. The van der Waals surface area contributed by atoms with Crippen LogP contribution in [0.1, 0.15) is 85.9 Å². The summed E-state index contributed by atoms with van der Waals surface area (Å²) in [6, 6.07) is 10.2. The van der Waals surface area contributed by atoms with Crippen LogP contribution in [0.4, 0.5) is 0 Å². The fourth-order valence-corrected chi connectivity index (χ4v) is 4.97. The van der Waals surface area contributed by atoms with E-state index in [1.165, 1.54) is 0 Å². The van der Waals surface area contributed by atoms with Gasteiger partial charge in [-0.3, -0.25) is 19.2 Å². The number of benzene rings is 2. The van der Waals surface area contributed by atoms with Crippen molar-refractivity contribution in [2.24, 2.45) is 0 Å². The molecule has 0 unspecified atom stereocenters. The van der Waals surface area contributed by atoms with Gasteiger partial charge in [-0.2, -0.15) is 0 Å². The predicted octanol–water partition coefficient (Wildman–Crippen LogP) is 6.21. The summed E-state index contributed by atoms with van der Waals surface area (Å²) in [7, 11) is 0. The minimum atomic E-state index is -0.290. The molecule has 36 heavy (non-hydrogen) atoms. The summed E-state index contributed by atoms with van der Waals surface area (Å²) in [4.78, 5) is 60.8. The Morgan fingerprint density at radius 2 is 1.00 bits per heavy atom. The third kappa shape index (κ3) is 4.00. The Kier molecular flexibility index (Phi) is 6.44. The van der Waals surface area contributed by atoms with Gasteiger partial charge in [0.2, 0.25) is 10.9 Å². The minimum absolute atomic E-state index is 0.0163. The molecular weight excluding hydrogens is 452 g/mol. The van der Waals surface area contributed by atoms with Crippen LogP contribution in [-0.4, -0.2) is 21.5 Å². The molecule has 0 radical (unpaired) electrons. The molecule has 6 heteroatoms. The zero-order chi connectivity index (χ0) is 25.4. The number of fused-ring (bicyclic) bond motifs is 6. The second-order valence-corrected chi connectivity index (χ2v) is 9.56. The van der Waals surface area contributed by atoms with E-state index < -0.39 is 0 Å². The Hall–Kier alpha value is -3.80. The molecule has 0 amide bonds. The highest BCUT2D eigenvalue weighted by Crippen LogP contribution is 2.28. The van der Waals surface area contributed by atoms with E-state index in [0.29, 0.717) is 56.5 Å². The van der Waals surface area contributed by atoms with Gasteiger partial charge >= 0.3 is 0 Å². The Bertz CT molecular complexity index is 1610. The second-order valence-electron chi connectivity index (χ2n) is 9.56. The second kappa shape index (κ2) is 9.69. The standard InChI is InChI=1S/C30H28N2O4/c1-3-5-7-9-23(33)17-11-13-19-21(15-17)29(35)27-25(19)31-28-26(32-27)20-14-12-18(16-22(20)30(28)36)24(34)10-8-6-4-2/h11-16H,3-10H2,1-2H3. The molecule has 0 aliphatic rings. The summed E-state index contributed by atoms with van der Waals surface area (Å²) >= 11 is 0. The highest BCUT2D eigenvalue weighted by molar-refractivity contribution is 6.16. The van der Waals surface area contributed by atoms with Crippen molar-refractivity contribution in [3.05, 3.63) is 68.0 Å². The number of Topliss-reactive ketones (excluding diaryl/α,β-unsaturated/α-hetero) is 2. The molecule has 6 nitrogen and oxygen atoms in total. The highest BCUT2D eigenvalue weighted by atomic mass is 16.1. The van der Waals surface area contributed by atoms with Gasteiger partial charge in [0.15, 0.2) is 11.6 Å². The van der Waals surface area contributed by atoms with Crippen molar-refractivity contribution in [3.8, 4) is 0 Å². The Balaban J connectivity index is 1.60. The van der Waals surface area contributed by atoms with E-state index in [-0.39, 0.29) is 33.5 Å². The van der Waals surface area contributed by atoms with Crippen molar-refractivity contribution in [1.29, 1.82) is 0 Å². The molecule has 0 saturated heterocycles. The van der Waals surface area contributed by atoms with Crippen molar-refractivity contribution in [2.75, 3.05) is 0 Å². The maximum absolute atomic E-state index is 13.2. The summed E-state index contributed by atoms with van der Waals surface area (Å²) in [6.45, 7) is 4.17. The fraction of sp³-hybridized carbons (Fsp3) is 0.333. The molecule has 0 aliphatic heterocycles. The van der Waals surface area contributed by atoms with Crippen LogP contribution in [0.5, 0.6) is 0 Å². The monoisotopic (exact) mass is 480 g/mol. The van der Waals surface area contributed by atoms with Crippen molar-refractivity contribution in [2.45, 2.75) is 65.2 Å². The third-order valence-electron chi connectivity index (χ3n) is 7.02. The first kappa shape index (κ1) is 23.9. The molecule has 4 aromatic carbocycles. The molecule has 0 fully saturated rings. The molecule has 5 rings (SSSR count). The quantitative estimate of drug-likeness (QED) is 0.174. The van der Waals surface area contributed by atoms with Crippen LogP contribution in [0.3, 0.4) is 0 Å². The van der Waals surface area contributed by atoms with Gasteiger partial charge in [-0.1, -0.05) is 63.8 Å². The van der Waals surface area contributed by atoms with Crippen LogP contribution in [0.2, 0.25) is 0 Å². The Morgan fingerprint density at radius 1 is 0.583 bits per heavy atom. The van der Waals surface area contributed by atoms with E-state index in [4.69, 9.17) is 0 Å². The average molecular weight is 481 g/mol. The summed E-state index contributed by atoms with van der Waals surface area (Å²) in [5.41, 5.74) is 1.57. The first-order valence-electron chi connectivity index (χ1n) is 12.8. The zero-order valence-corrected chi connectivity index (χ0v) is 20.6. The lowest BCUT2D eigenvalue weighted by atomic mass is 10.0. The molecule has 1 aromatic heterocycles. The molecule has 0 atom stereocenters. The topological polar surface area (TPSA) is 94.1 Å². The molecule has 5 aromatic rings. The van der Waals surface area contributed by atoms with Gasteiger partial charge < -0.3 is 0 Å². The normalized spacial score (nSPS) is 11.8. The van der Waals surface area contributed by atoms with E-state index in [1.54, 1.807) is 36.4 Å². The third-order valence-corrected chi connectivity index (χ3v) is 7.02. The van der Waals surface area contributed by atoms with Gasteiger partial charge in [0, 0.05) is 45.5 Å². The van der Waals surface area contributed by atoms with Gasteiger partial charge in [0.05, 0.1) is 0 Å². The molecule has 0 bridgehead atoms. The highest BCUT2D eigenvalue weighted by Gasteiger charge is 2.21. The molecule has 0 aliphatic carbocycles. The summed E-state index contributed by atoms with van der Waals surface area (Å²) in [5, 5.41) is 1.98. The molecule has 0 saturated carbocycles. The van der Waals surface area contributed by atoms with Crippen LogP contribution >= 0.6 is 0 Å². The van der Waals surface area contributed by atoms with Gasteiger partial charge in [0.25, 0.3) is 0 Å². The van der Waals surface area contributed by atoms with Crippen LogP contribution in [0, 0.1) is 0 Å². The zero-order valence-electron chi connectivity index (χ0n) is 20.6. The van der Waals surface area contributed by atoms with Crippen LogP contribution in [-0.2, 0) is 0 Å². The lowest BCUT2D eigenvalue weighted by Crippen LogP contribution is -2.02. The lowest BCUT2D eigenvalue weighted by molar-refractivity contribution is 0.0971. The summed E-state index contributed by atoms with van der Waals surface area (Å²) < 4.78 is 0. The van der Waals surface area contributed by atoms with E-state index >= 15 is 0 Å². The summed E-state index contributed by atoms with van der Waals surface area (Å²) in [5.74, 6) is 0.0325. The number of hydrogen-bond donors (Lipinski definition) is 0. The first-order chi connectivity index (χ1) is 17.4. The number of nitrogens with zero attached hydrogens (tertiary/aromatic N) is 2. The van der Waals surface area contributed by atoms with E-state index in [1.807, 2.05) is 0 Å². The maximum Gasteiger partial charge on any atom is 0.214 e. The Morgan fingerprint density at radius 3 is 1.39 bits per heavy atom. The molecule has 0 spiro atoms. The molecule has 1 heterocycles.